The Kier molecular flexibility index (Phi) is 5.36. The number of carbonyl (C=O) groups is 2. The summed E-state index contributed by atoms with van der Waals surface area (Å²) in [5, 5.41) is 5.28. The average molecular weight is 264 g/mol. The lowest BCUT2D eigenvalue weighted by Crippen LogP contribution is -2.33. The first-order valence-corrected chi connectivity index (χ1v) is 6.17. The van der Waals surface area contributed by atoms with Crippen molar-refractivity contribution in [1.29, 1.82) is 0 Å². The van der Waals surface area contributed by atoms with Gasteiger partial charge in [-0.3, -0.25) is 4.79 Å². The first-order valence-electron chi connectivity index (χ1n) is 6.17. The highest BCUT2D eigenvalue weighted by molar-refractivity contribution is 5.89. The number of hydrogen-bond acceptors (Lipinski definition) is 3. The van der Waals surface area contributed by atoms with Crippen LogP contribution in [-0.2, 0) is 9.53 Å². The summed E-state index contributed by atoms with van der Waals surface area (Å²) in [7, 11) is 0. The number of nitrogens with one attached hydrogen (secondary N) is 2. The number of rotatable bonds is 4. The van der Waals surface area contributed by atoms with Gasteiger partial charge in [-0.25, -0.2) is 4.79 Å². The number of anilines is 1. The van der Waals surface area contributed by atoms with Gasteiger partial charge in [-0.05, 0) is 32.9 Å². The fraction of sp³-hybridized carbons (Fsp3) is 0.429. The standard InChI is InChI=1S/C14H20N2O3/c1-14(2,3)12(17)19-10-9-15-13(18)16-11-7-5-4-6-8-11/h4-8H,9-10H2,1-3H3,(H2,15,16,18). The van der Waals surface area contributed by atoms with Crippen LogP contribution in [0.3, 0.4) is 0 Å². The number of amides is 2. The van der Waals surface area contributed by atoms with Crippen LogP contribution in [0.1, 0.15) is 20.8 Å². The average Bonchev–Trinajstić information content (AvgIpc) is 2.34. The van der Waals surface area contributed by atoms with Crippen molar-refractivity contribution >= 4 is 17.7 Å². The zero-order valence-corrected chi connectivity index (χ0v) is 11.5. The first kappa shape index (κ1) is 15.0. The van der Waals surface area contributed by atoms with Crippen molar-refractivity contribution in [2.45, 2.75) is 20.8 Å². The summed E-state index contributed by atoms with van der Waals surface area (Å²) < 4.78 is 5.03. The van der Waals surface area contributed by atoms with Crippen LogP contribution in [0.25, 0.3) is 0 Å². The van der Waals surface area contributed by atoms with Crippen molar-refractivity contribution < 1.29 is 14.3 Å². The number of benzene rings is 1. The molecule has 1 aromatic carbocycles. The van der Waals surface area contributed by atoms with E-state index in [1.165, 1.54) is 0 Å². The van der Waals surface area contributed by atoms with E-state index in [2.05, 4.69) is 10.6 Å². The molecule has 19 heavy (non-hydrogen) atoms. The van der Waals surface area contributed by atoms with Gasteiger partial charge < -0.3 is 15.4 Å². The van der Waals surface area contributed by atoms with Gasteiger partial charge in [0.15, 0.2) is 0 Å². The van der Waals surface area contributed by atoms with Crippen molar-refractivity contribution in [3.8, 4) is 0 Å². The molecule has 1 rings (SSSR count). The molecule has 2 N–H and O–H groups in total. The summed E-state index contributed by atoms with van der Waals surface area (Å²) in [6, 6.07) is 8.80. The van der Waals surface area contributed by atoms with Crippen molar-refractivity contribution in [3.05, 3.63) is 30.3 Å². The van der Waals surface area contributed by atoms with E-state index in [0.29, 0.717) is 5.69 Å². The highest BCUT2D eigenvalue weighted by Gasteiger charge is 2.22. The van der Waals surface area contributed by atoms with Crippen LogP contribution in [0.15, 0.2) is 30.3 Å². The molecule has 0 radical (unpaired) electrons. The Bertz CT molecular complexity index is 424. The molecule has 0 unspecified atom stereocenters. The second-order valence-electron chi connectivity index (χ2n) is 5.13. The number of hydrogen-bond donors (Lipinski definition) is 2. The first-order chi connectivity index (χ1) is 8.89. The zero-order chi connectivity index (χ0) is 14.3. The van der Waals surface area contributed by atoms with E-state index in [1.54, 1.807) is 32.9 Å². The summed E-state index contributed by atoms with van der Waals surface area (Å²) in [6.07, 6.45) is 0. The predicted molar refractivity (Wildman–Crippen MR) is 73.9 cm³/mol. The van der Waals surface area contributed by atoms with Gasteiger partial charge in [0, 0.05) is 5.69 Å². The maximum absolute atomic E-state index is 11.5. The molecule has 0 bridgehead atoms. The molecular formula is C14H20N2O3. The van der Waals surface area contributed by atoms with Crippen LogP contribution in [0.2, 0.25) is 0 Å². The van der Waals surface area contributed by atoms with E-state index >= 15 is 0 Å². The van der Waals surface area contributed by atoms with Gasteiger partial charge in [-0.15, -0.1) is 0 Å². The van der Waals surface area contributed by atoms with E-state index in [-0.39, 0.29) is 25.2 Å². The molecule has 0 atom stereocenters. The summed E-state index contributed by atoms with van der Waals surface area (Å²) >= 11 is 0. The van der Waals surface area contributed by atoms with E-state index in [0.717, 1.165) is 0 Å². The molecule has 0 aliphatic rings. The van der Waals surface area contributed by atoms with Crippen molar-refractivity contribution in [3.63, 3.8) is 0 Å². The van der Waals surface area contributed by atoms with Gasteiger partial charge in [0.25, 0.3) is 0 Å². The Labute approximate surface area is 113 Å². The fourth-order valence-electron chi connectivity index (χ4n) is 1.22. The minimum absolute atomic E-state index is 0.165. The molecule has 5 heteroatoms. The van der Waals surface area contributed by atoms with Gasteiger partial charge in [-0.1, -0.05) is 18.2 Å². The minimum atomic E-state index is -0.522. The molecule has 5 nitrogen and oxygen atoms in total. The Hall–Kier alpha value is -2.04. The molecule has 0 saturated heterocycles. The molecule has 104 valence electrons. The molecule has 0 spiro atoms. The van der Waals surface area contributed by atoms with Crippen LogP contribution in [-0.4, -0.2) is 25.2 Å². The number of urea groups is 1. The number of carbonyl (C=O) groups excluding carboxylic acids is 2. The lowest BCUT2D eigenvalue weighted by Gasteiger charge is -2.16. The second kappa shape index (κ2) is 6.78. The third-order valence-corrected chi connectivity index (χ3v) is 2.26. The molecule has 0 aliphatic heterocycles. The predicted octanol–water partition coefficient (Wildman–Crippen LogP) is 2.40. The summed E-state index contributed by atoms with van der Waals surface area (Å²) in [5.41, 5.74) is 0.193. The van der Waals surface area contributed by atoms with E-state index in [9.17, 15) is 9.59 Å². The third kappa shape index (κ3) is 5.90. The largest absolute Gasteiger partial charge is 0.463 e. The normalized spacial score (nSPS) is 10.7. The van der Waals surface area contributed by atoms with E-state index in [1.807, 2.05) is 18.2 Å². The summed E-state index contributed by atoms with van der Waals surface area (Å²) in [6.45, 7) is 5.79. The second-order valence-corrected chi connectivity index (χ2v) is 5.13. The fourth-order valence-corrected chi connectivity index (χ4v) is 1.22. The van der Waals surface area contributed by atoms with Crippen molar-refractivity contribution in [1.82, 2.24) is 5.32 Å². The highest BCUT2D eigenvalue weighted by atomic mass is 16.5. The zero-order valence-electron chi connectivity index (χ0n) is 11.5. The molecule has 0 heterocycles. The summed E-state index contributed by atoms with van der Waals surface area (Å²) in [4.78, 5) is 22.9. The van der Waals surface area contributed by atoms with E-state index in [4.69, 9.17) is 4.74 Å². The monoisotopic (exact) mass is 264 g/mol. The summed E-state index contributed by atoms with van der Waals surface area (Å²) in [5.74, 6) is -0.280. The third-order valence-electron chi connectivity index (χ3n) is 2.26. The lowest BCUT2D eigenvalue weighted by atomic mass is 9.97. The molecule has 0 aromatic heterocycles. The Morgan fingerprint density at radius 2 is 1.79 bits per heavy atom. The molecule has 0 aliphatic carbocycles. The maximum atomic E-state index is 11.5. The van der Waals surface area contributed by atoms with Gasteiger partial charge in [-0.2, -0.15) is 0 Å². The van der Waals surface area contributed by atoms with Crippen LogP contribution >= 0.6 is 0 Å². The molecule has 2 amide bonds. The van der Waals surface area contributed by atoms with Crippen molar-refractivity contribution in [2.75, 3.05) is 18.5 Å². The highest BCUT2D eigenvalue weighted by Crippen LogP contribution is 2.14. The van der Waals surface area contributed by atoms with Crippen LogP contribution < -0.4 is 10.6 Å². The Morgan fingerprint density at radius 1 is 1.16 bits per heavy atom. The quantitative estimate of drug-likeness (QED) is 0.648. The van der Waals surface area contributed by atoms with Crippen LogP contribution in [0.4, 0.5) is 10.5 Å². The molecule has 0 saturated carbocycles. The van der Waals surface area contributed by atoms with Gasteiger partial charge in [0.2, 0.25) is 0 Å². The Morgan fingerprint density at radius 3 is 2.37 bits per heavy atom. The number of para-hydroxylation sites is 1. The van der Waals surface area contributed by atoms with Crippen LogP contribution in [0.5, 0.6) is 0 Å². The minimum Gasteiger partial charge on any atom is -0.463 e. The molecule has 1 aromatic rings. The lowest BCUT2D eigenvalue weighted by molar-refractivity contribution is -0.152. The maximum Gasteiger partial charge on any atom is 0.319 e. The number of esters is 1. The number of ether oxygens (including phenoxy) is 1. The SMILES string of the molecule is CC(C)(C)C(=O)OCCNC(=O)Nc1ccccc1. The topological polar surface area (TPSA) is 67.4 Å². The van der Waals surface area contributed by atoms with Gasteiger partial charge in [0.05, 0.1) is 12.0 Å². The smallest absolute Gasteiger partial charge is 0.319 e. The molecule has 0 fully saturated rings. The van der Waals surface area contributed by atoms with Gasteiger partial charge in [0.1, 0.15) is 6.61 Å². The van der Waals surface area contributed by atoms with Crippen molar-refractivity contribution in [2.24, 2.45) is 5.41 Å². The van der Waals surface area contributed by atoms with Crippen LogP contribution in [0, 0.1) is 5.41 Å². The van der Waals surface area contributed by atoms with Gasteiger partial charge >= 0.3 is 12.0 Å². The van der Waals surface area contributed by atoms with E-state index < -0.39 is 5.41 Å². The molecular weight excluding hydrogens is 244 g/mol. The Balaban J connectivity index is 2.20.